The Morgan fingerprint density at radius 2 is 1.93 bits per heavy atom. The van der Waals surface area contributed by atoms with Gasteiger partial charge >= 0.3 is 0 Å². The summed E-state index contributed by atoms with van der Waals surface area (Å²) in [6.45, 7) is 8.96. The van der Waals surface area contributed by atoms with Crippen LogP contribution in [0.1, 0.15) is 56.1 Å². The first kappa shape index (κ1) is 19.9. The number of hydrogen-bond donors (Lipinski definition) is 1. The normalized spacial score (nSPS) is 18.4. The second kappa shape index (κ2) is 8.94. The van der Waals surface area contributed by atoms with E-state index >= 15 is 0 Å². The molecule has 1 atom stereocenters. The number of benzene rings is 2. The second-order valence-corrected chi connectivity index (χ2v) is 8.61. The van der Waals surface area contributed by atoms with E-state index in [9.17, 15) is 5.11 Å². The molecule has 2 fully saturated rings. The van der Waals surface area contributed by atoms with E-state index in [1.165, 1.54) is 24.8 Å². The fourth-order valence-corrected chi connectivity index (χ4v) is 4.71. The minimum Gasteiger partial charge on any atom is -0.508 e. The third-order valence-electron chi connectivity index (χ3n) is 6.59. The van der Waals surface area contributed by atoms with Crippen LogP contribution < -0.4 is 9.64 Å². The van der Waals surface area contributed by atoms with Crippen molar-refractivity contribution in [2.75, 3.05) is 24.6 Å². The molecule has 4 rings (SSSR count). The van der Waals surface area contributed by atoms with Gasteiger partial charge in [0.25, 0.3) is 0 Å². The van der Waals surface area contributed by atoms with Crippen molar-refractivity contribution in [3.8, 4) is 11.5 Å². The Labute approximate surface area is 175 Å². The number of rotatable bonds is 8. The van der Waals surface area contributed by atoms with Crippen molar-refractivity contribution in [2.24, 2.45) is 11.8 Å². The number of hydrogen-bond acceptors (Lipinski definition) is 3. The molecule has 0 amide bonds. The Balaban J connectivity index is 1.32. The summed E-state index contributed by atoms with van der Waals surface area (Å²) in [6, 6.07) is 14.3. The van der Waals surface area contributed by atoms with Gasteiger partial charge in [-0.15, -0.1) is 0 Å². The van der Waals surface area contributed by atoms with Crippen LogP contribution in [-0.2, 0) is 0 Å². The number of ether oxygens (including phenoxy) is 1. The summed E-state index contributed by atoms with van der Waals surface area (Å²) in [4.78, 5) is 2.36. The van der Waals surface area contributed by atoms with E-state index in [1.807, 2.05) is 18.2 Å². The van der Waals surface area contributed by atoms with Crippen LogP contribution in [0.5, 0.6) is 11.5 Å². The van der Waals surface area contributed by atoms with Gasteiger partial charge < -0.3 is 14.7 Å². The van der Waals surface area contributed by atoms with Crippen molar-refractivity contribution >= 4 is 11.8 Å². The fourth-order valence-electron chi connectivity index (χ4n) is 4.71. The molecule has 1 aliphatic carbocycles. The predicted molar refractivity (Wildman–Crippen MR) is 121 cm³/mol. The van der Waals surface area contributed by atoms with Crippen LogP contribution in [0.15, 0.2) is 49.0 Å². The molecule has 0 aromatic heterocycles. The summed E-state index contributed by atoms with van der Waals surface area (Å²) in [5, 5.41) is 9.86. The van der Waals surface area contributed by atoms with Gasteiger partial charge in [0.2, 0.25) is 0 Å². The molecule has 0 radical (unpaired) electrons. The minimum absolute atomic E-state index is 0.313. The van der Waals surface area contributed by atoms with E-state index in [0.717, 1.165) is 55.5 Å². The average Bonchev–Trinajstić information content (AvgIpc) is 3.59. The van der Waals surface area contributed by atoms with Crippen LogP contribution in [0.25, 0.3) is 6.08 Å². The number of anilines is 1. The van der Waals surface area contributed by atoms with Crippen LogP contribution in [0.3, 0.4) is 0 Å². The first-order chi connectivity index (χ1) is 14.2. The Morgan fingerprint density at radius 3 is 2.62 bits per heavy atom. The van der Waals surface area contributed by atoms with Crippen molar-refractivity contribution in [3.63, 3.8) is 0 Å². The molecule has 3 nitrogen and oxygen atoms in total. The summed E-state index contributed by atoms with van der Waals surface area (Å²) < 4.78 is 6.21. The van der Waals surface area contributed by atoms with E-state index in [1.54, 1.807) is 6.07 Å². The van der Waals surface area contributed by atoms with Gasteiger partial charge in [-0.05, 0) is 85.3 Å². The molecule has 2 aliphatic rings. The molecule has 154 valence electrons. The number of phenols is 1. The molecule has 1 N–H and O–H groups in total. The van der Waals surface area contributed by atoms with E-state index in [4.69, 9.17) is 4.74 Å². The largest absolute Gasteiger partial charge is 0.508 e. The topological polar surface area (TPSA) is 32.7 Å². The SMILES string of the molecule is C=Cc1ccc(O)cc1N1CCC(COc2cccc(C(CC)C3CC3)c2)CC1. The van der Waals surface area contributed by atoms with Crippen molar-refractivity contribution in [1.82, 2.24) is 0 Å². The van der Waals surface area contributed by atoms with Crippen molar-refractivity contribution < 1.29 is 9.84 Å². The molecule has 1 unspecified atom stereocenters. The smallest absolute Gasteiger partial charge is 0.119 e. The highest BCUT2D eigenvalue weighted by Gasteiger charge is 2.31. The van der Waals surface area contributed by atoms with Gasteiger partial charge in [0.15, 0.2) is 0 Å². The van der Waals surface area contributed by atoms with E-state index in [-0.39, 0.29) is 0 Å². The molecule has 1 saturated heterocycles. The first-order valence-electron chi connectivity index (χ1n) is 11.1. The van der Waals surface area contributed by atoms with Crippen LogP contribution in [0.4, 0.5) is 5.69 Å². The molecular formula is C26H33NO2. The monoisotopic (exact) mass is 391 g/mol. The van der Waals surface area contributed by atoms with Gasteiger partial charge in [-0.3, -0.25) is 0 Å². The number of phenolic OH excluding ortho intramolecular Hbond substituents is 1. The molecule has 2 aromatic carbocycles. The lowest BCUT2D eigenvalue weighted by Gasteiger charge is -2.34. The lowest BCUT2D eigenvalue weighted by molar-refractivity contribution is 0.222. The molecular weight excluding hydrogens is 358 g/mol. The quantitative estimate of drug-likeness (QED) is 0.578. The van der Waals surface area contributed by atoms with Crippen LogP contribution in [-0.4, -0.2) is 24.8 Å². The maximum atomic E-state index is 9.86. The second-order valence-electron chi connectivity index (χ2n) is 8.61. The number of piperidine rings is 1. The fraction of sp³-hybridized carbons (Fsp3) is 0.462. The molecule has 1 aliphatic heterocycles. The Kier molecular flexibility index (Phi) is 6.13. The molecule has 0 bridgehead atoms. The predicted octanol–water partition coefficient (Wildman–Crippen LogP) is 6.23. The standard InChI is InChI=1S/C26H33NO2/c1-3-20-10-11-23(28)17-26(20)27-14-12-19(13-15-27)18-29-24-7-5-6-22(16-24)25(4-2)21-8-9-21/h3,5-7,10-11,16-17,19,21,25,28H,1,4,8-9,12-15,18H2,2H3. The Morgan fingerprint density at radius 1 is 1.14 bits per heavy atom. The first-order valence-corrected chi connectivity index (χ1v) is 11.1. The maximum Gasteiger partial charge on any atom is 0.119 e. The van der Waals surface area contributed by atoms with Crippen LogP contribution in [0, 0.1) is 11.8 Å². The Bertz CT molecular complexity index is 834. The Hall–Kier alpha value is -2.42. The zero-order valence-corrected chi connectivity index (χ0v) is 17.5. The van der Waals surface area contributed by atoms with Crippen molar-refractivity contribution in [3.05, 3.63) is 60.2 Å². The summed E-state index contributed by atoms with van der Waals surface area (Å²) in [7, 11) is 0. The van der Waals surface area contributed by atoms with Crippen LogP contribution >= 0.6 is 0 Å². The van der Waals surface area contributed by atoms with Gasteiger partial charge in [-0.1, -0.05) is 31.7 Å². The van der Waals surface area contributed by atoms with E-state index in [0.29, 0.717) is 17.6 Å². The van der Waals surface area contributed by atoms with E-state index in [2.05, 4.69) is 42.7 Å². The minimum atomic E-state index is 0.313. The number of nitrogens with zero attached hydrogens (tertiary/aromatic N) is 1. The maximum absolute atomic E-state index is 9.86. The summed E-state index contributed by atoms with van der Waals surface area (Å²) in [5.74, 6) is 3.49. The molecule has 1 saturated carbocycles. The third-order valence-corrected chi connectivity index (χ3v) is 6.59. The molecule has 29 heavy (non-hydrogen) atoms. The van der Waals surface area contributed by atoms with Gasteiger partial charge in [-0.25, -0.2) is 0 Å². The van der Waals surface area contributed by atoms with Crippen molar-refractivity contribution in [1.29, 1.82) is 0 Å². The van der Waals surface area contributed by atoms with Gasteiger partial charge in [0.05, 0.1) is 6.61 Å². The summed E-state index contributed by atoms with van der Waals surface area (Å²) in [5.41, 5.74) is 3.61. The van der Waals surface area contributed by atoms with Gasteiger partial charge in [0, 0.05) is 24.8 Å². The molecule has 0 spiro atoms. The highest BCUT2D eigenvalue weighted by molar-refractivity contribution is 5.68. The van der Waals surface area contributed by atoms with Crippen LogP contribution in [0.2, 0.25) is 0 Å². The average molecular weight is 392 g/mol. The highest BCUT2D eigenvalue weighted by atomic mass is 16.5. The molecule has 1 heterocycles. The summed E-state index contributed by atoms with van der Waals surface area (Å²) in [6.07, 6.45) is 8.05. The van der Waals surface area contributed by atoms with E-state index < -0.39 is 0 Å². The molecule has 3 heteroatoms. The highest BCUT2D eigenvalue weighted by Crippen LogP contribution is 2.44. The van der Waals surface area contributed by atoms with Gasteiger partial charge in [0.1, 0.15) is 11.5 Å². The third kappa shape index (κ3) is 4.77. The lowest BCUT2D eigenvalue weighted by atomic mass is 9.92. The summed E-state index contributed by atoms with van der Waals surface area (Å²) >= 11 is 0. The van der Waals surface area contributed by atoms with Crippen molar-refractivity contribution in [2.45, 2.75) is 44.9 Å². The number of aromatic hydroxyl groups is 1. The molecule has 2 aromatic rings. The van der Waals surface area contributed by atoms with Gasteiger partial charge in [-0.2, -0.15) is 0 Å². The lowest BCUT2D eigenvalue weighted by Crippen LogP contribution is -2.35. The zero-order valence-electron chi connectivity index (χ0n) is 17.5. The zero-order chi connectivity index (χ0) is 20.2.